The maximum atomic E-state index is 13.2. The highest BCUT2D eigenvalue weighted by Gasteiger charge is 2.12. The van der Waals surface area contributed by atoms with Crippen LogP contribution in [0, 0.1) is 5.82 Å². The van der Waals surface area contributed by atoms with E-state index in [4.69, 9.17) is 4.74 Å². The van der Waals surface area contributed by atoms with Crippen LogP contribution in [-0.4, -0.2) is 17.0 Å². The van der Waals surface area contributed by atoms with Crippen LogP contribution < -0.4 is 15.4 Å². The van der Waals surface area contributed by atoms with Crippen molar-refractivity contribution in [2.75, 3.05) is 10.6 Å². The Labute approximate surface area is 157 Å². The van der Waals surface area contributed by atoms with Gasteiger partial charge in [-0.1, -0.05) is 18.2 Å². The van der Waals surface area contributed by atoms with Crippen LogP contribution in [0.2, 0.25) is 0 Å². The summed E-state index contributed by atoms with van der Waals surface area (Å²) in [5, 5.41) is 5.85. The molecule has 0 aliphatic carbocycles. The smallest absolute Gasteiger partial charge is 0.274 e. The van der Waals surface area contributed by atoms with Crippen LogP contribution in [0.5, 0.6) is 5.75 Å². The first kappa shape index (κ1) is 18.4. The Balaban J connectivity index is 1.69. The van der Waals surface area contributed by atoms with Crippen molar-refractivity contribution in [3.05, 3.63) is 78.4 Å². The highest BCUT2D eigenvalue weighted by atomic mass is 19.1. The molecule has 0 bridgehead atoms. The summed E-state index contributed by atoms with van der Waals surface area (Å²) in [6, 6.07) is 16.7. The molecule has 1 amide bonds. The van der Waals surface area contributed by atoms with Crippen LogP contribution in [0.15, 0.2) is 66.9 Å². The molecule has 0 atom stereocenters. The number of amides is 1. The molecule has 0 fully saturated rings. The number of pyridine rings is 1. The summed E-state index contributed by atoms with van der Waals surface area (Å²) in [7, 11) is 0. The molecule has 0 saturated heterocycles. The molecular weight excluding hydrogens is 345 g/mol. The van der Waals surface area contributed by atoms with E-state index in [0.29, 0.717) is 22.8 Å². The van der Waals surface area contributed by atoms with Gasteiger partial charge in [-0.25, -0.2) is 9.37 Å². The van der Waals surface area contributed by atoms with Gasteiger partial charge in [-0.15, -0.1) is 0 Å². The third-order valence-electron chi connectivity index (χ3n) is 3.61. The Morgan fingerprint density at radius 2 is 1.85 bits per heavy atom. The Morgan fingerprint density at radius 3 is 2.56 bits per heavy atom. The van der Waals surface area contributed by atoms with Crippen LogP contribution in [0.1, 0.15) is 24.3 Å². The minimum Gasteiger partial charge on any atom is -0.489 e. The van der Waals surface area contributed by atoms with Gasteiger partial charge in [0.25, 0.3) is 5.91 Å². The molecule has 0 radical (unpaired) electrons. The molecule has 27 heavy (non-hydrogen) atoms. The third-order valence-corrected chi connectivity index (χ3v) is 3.61. The van der Waals surface area contributed by atoms with E-state index in [9.17, 15) is 9.18 Å². The zero-order chi connectivity index (χ0) is 19.2. The van der Waals surface area contributed by atoms with Crippen molar-refractivity contribution >= 4 is 23.0 Å². The van der Waals surface area contributed by atoms with E-state index < -0.39 is 0 Å². The number of hydrogen-bond acceptors (Lipinski definition) is 4. The second kappa shape index (κ2) is 8.31. The van der Waals surface area contributed by atoms with Crippen LogP contribution in [0.4, 0.5) is 21.5 Å². The maximum Gasteiger partial charge on any atom is 0.274 e. The van der Waals surface area contributed by atoms with E-state index >= 15 is 0 Å². The summed E-state index contributed by atoms with van der Waals surface area (Å²) >= 11 is 0. The standard InChI is InChI=1S/C21H20FN3O2/c1-14(2)27-20-9-4-3-8-18(20)25-21(26)19-11-10-17(13-23-19)24-16-7-5-6-15(22)12-16/h3-14,24H,1-2H3,(H,25,26). The number of aromatic nitrogens is 1. The lowest BCUT2D eigenvalue weighted by Crippen LogP contribution is -2.15. The number of nitrogens with one attached hydrogen (secondary N) is 2. The van der Waals surface area contributed by atoms with Gasteiger partial charge < -0.3 is 15.4 Å². The van der Waals surface area contributed by atoms with Gasteiger partial charge in [-0.2, -0.15) is 0 Å². The summed E-state index contributed by atoms with van der Waals surface area (Å²) in [5.74, 6) is -0.0661. The number of nitrogens with zero attached hydrogens (tertiary/aromatic N) is 1. The fourth-order valence-corrected chi connectivity index (χ4v) is 2.45. The zero-order valence-electron chi connectivity index (χ0n) is 15.1. The Morgan fingerprint density at radius 1 is 1.04 bits per heavy atom. The summed E-state index contributed by atoms with van der Waals surface area (Å²) in [6.45, 7) is 3.84. The molecule has 138 valence electrons. The molecule has 1 heterocycles. The summed E-state index contributed by atoms with van der Waals surface area (Å²) in [6.07, 6.45) is 1.52. The number of rotatable bonds is 6. The summed E-state index contributed by atoms with van der Waals surface area (Å²) < 4.78 is 18.9. The molecule has 6 heteroatoms. The predicted molar refractivity (Wildman–Crippen MR) is 104 cm³/mol. The molecule has 0 saturated carbocycles. The monoisotopic (exact) mass is 365 g/mol. The van der Waals surface area contributed by atoms with E-state index in [-0.39, 0.29) is 23.5 Å². The van der Waals surface area contributed by atoms with Crippen molar-refractivity contribution in [3.63, 3.8) is 0 Å². The number of carbonyl (C=O) groups excluding carboxylic acids is 1. The van der Waals surface area contributed by atoms with Gasteiger partial charge in [0.05, 0.1) is 23.7 Å². The number of para-hydroxylation sites is 2. The molecule has 2 N–H and O–H groups in total. The average Bonchev–Trinajstić information content (AvgIpc) is 2.63. The quantitative estimate of drug-likeness (QED) is 0.645. The third kappa shape index (κ3) is 5.04. The molecule has 0 unspecified atom stereocenters. The van der Waals surface area contributed by atoms with Gasteiger partial charge in [-0.3, -0.25) is 4.79 Å². The number of ether oxygens (including phenoxy) is 1. The fraction of sp³-hybridized carbons (Fsp3) is 0.143. The average molecular weight is 365 g/mol. The topological polar surface area (TPSA) is 63.2 Å². The van der Waals surface area contributed by atoms with E-state index in [1.807, 2.05) is 26.0 Å². The Hall–Kier alpha value is -3.41. The Bertz CT molecular complexity index is 927. The van der Waals surface area contributed by atoms with Crippen molar-refractivity contribution < 1.29 is 13.9 Å². The van der Waals surface area contributed by atoms with E-state index in [1.54, 1.807) is 36.4 Å². The molecule has 3 rings (SSSR count). The van der Waals surface area contributed by atoms with Crippen LogP contribution >= 0.6 is 0 Å². The van der Waals surface area contributed by atoms with Crippen LogP contribution in [0.25, 0.3) is 0 Å². The van der Waals surface area contributed by atoms with E-state index in [0.717, 1.165) is 0 Å². The van der Waals surface area contributed by atoms with Gasteiger partial charge in [0.1, 0.15) is 17.3 Å². The number of hydrogen-bond donors (Lipinski definition) is 2. The summed E-state index contributed by atoms with van der Waals surface area (Å²) in [5.41, 5.74) is 2.11. The highest BCUT2D eigenvalue weighted by molar-refractivity contribution is 6.03. The van der Waals surface area contributed by atoms with E-state index in [1.165, 1.54) is 18.3 Å². The first-order valence-electron chi connectivity index (χ1n) is 8.57. The molecule has 0 aliphatic rings. The van der Waals surface area contributed by atoms with Gasteiger partial charge in [0, 0.05) is 5.69 Å². The van der Waals surface area contributed by atoms with Crippen molar-refractivity contribution in [1.82, 2.24) is 4.98 Å². The van der Waals surface area contributed by atoms with E-state index in [2.05, 4.69) is 15.6 Å². The first-order valence-corrected chi connectivity index (χ1v) is 8.57. The molecule has 5 nitrogen and oxygen atoms in total. The summed E-state index contributed by atoms with van der Waals surface area (Å²) in [4.78, 5) is 16.6. The minimum atomic E-state index is -0.341. The maximum absolute atomic E-state index is 13.2. The largest absolute Gasteiger partial charge is 0.489 e. The number of anilines is 3. The molecular formula is C21H20FN3O2. The lowest BCUT2D eigenvalue weighted by atomic mass is 10.2. The van der Waals surface area contributed by atoms with Gasteiger partial charge >= 0.3 is 0 Å². The van der Waals surface area contributed by atoms with Crippen LogP contribution in [0.3, 0.4) is 0 Å². The van der Waals surface area contributed by atoms with Gasteiger partial charge in [-0.05, 0) is 56.3 Å². The SMILES string of the molecule is CC(C)Oc1ccccc1NC(=O)c1ccc(Nc2cccc(F)c2)cn1. The first-order chi connectivity index (χ1) is 13.0. The Kier molecular flexibility index (Phi) is 5.66. The number of halogens is 1. The molecule has 2 aromatic carbocycles. The van der Waals surface area contributed by atoms with Crippen LogP contribution in [-0.2, 0) is 0 Å². The molecule has 3 aromatic rings. The minimum absolute atomic E-state index is 0.00522. The van der Waals surface area contributed by atoms with Crippen molar-refractivity contribution in [3.8, 4) is 5.75 Å². The van der Waals surface area contributed by atoms with Gasteiger partial charge in [0.2, 0.25) is 0 Å². The second-order valence-corrected chi connectivity index (χ2v) is 6.18. The number of benzene rings is 2. The van der Waals surface area contributed by atoms with Crippen molar-refractivity contribution in [2.24, 2.45) is 0 Å². The van der Waals surface area contributed by atoms with Crippen molar-refractivity contribution in [1.29, 1.82) is 0 Å². The van der Waals surface area contributed by atoms with Crippen molar-refractivity contribution in [2.45, 2.75) is 20.0 Å². The second-order valence-electron chi connectivity index (χ2n) is 6.18. The van der Waals surface area contributed by atoms with Gasteiger partial charge in [0.15, 0.2) is 0 Å². The zero-order valence-corrected chi connectivity index (χ0v) is 15.1. The number of carbonyl (C=O) groups is 1. The molecule has 0 aliphatic heterocycles. The molecule has 0 spiro atoms. The highest BCUT2D eigenvalue weighted by Crippen LogP contribution is 2.25. The lowest BCUT2D eigenvalue weighted by Gasteiger charge is -2.14. The normalized spacial score (nSPS) is 10.5. The lowest BCUT2D eigenvalue weighted by molar-refractivity contribution is 0.102. The molecule has 1 aromatic heterocycles. The predicted octanol–water partition coefficient (Wildman–Crippen LogP) is 5.00. The fourth-order valence-electron chi connectivity index (χ4n) is 2.45.